The Kier molecular flexibility index (Phi) is 4.85. The maximum Gasteiger partial charge on any atom is 0.0826 e. The summed E-state index contributed by atoms with van der Waals surface area (Å²) in [5.41, 5.74) is 2.28. The minimum atomic E-state index is 0.276. The highest BCUT2D eigenvalue weighted by molar-refractivity contribution is 9.10. The monoisotopic (exact) mass is 349 g/mol. The minimum Gasteiger partial charge on any atom is -0.374 e. The molecule has 1 aromatic heterocycles. The number of halogens is 1. The lowest BCUT2D eigenvalue weighted by atomic mass is 10.1. The smallest absolute Gasteiger partial charge is 0.0826 e. The second-order valence-electron chi connectivity index (χ2n) is 5.49. The molecule has 0 saturated carbocycles. The highest BCUT2D eigenvalue weighted by Gasteiger charge is 2.17. The number of hydrogen-bond acceptors (Lipinski definition) is 4. The summed E-state index contributed by atoms with van der Waals surface area (Å²) in [6, 6.07) is 8.28. The van der Waals surface area contributed by atoms with Gasteiger partial charge in [-0.25, -0.2) is 0 Å². The quantitative estimate of drug-likeness (QED) is 0.919. The second-order valence-corrected chi connectivity index (χ2v) is 6.35. The van der Waals surface area contributed by atoms with E-state index in [-0.39, 0.29) is 6.10 Å². The van der Waals surface area contributed by atoms with Gasteiger partial charge in [0, 0.05) is 42.2 Å². The molecule has 3 rings (SSSR count). The van der Waals surface area contributed by atoms with E-state index in [4.69, 9.17) is 4.74 Å². The molecule has 2 aromatic rings. The van der Waals surface area contributed by atoms with Gasteiger partial charge in [0.1, 0.15) is 0 Å². The summed E-state index contributed by atoms with van der Waals surface area (Å²) in [6.45, 7) is 4.52. The SMILES string of the molecule is CN1CCOC(CNCc2ccc(Br)c3cccnc23)C1. The number of aromatic nitrogens is 1. The predicted molar refractivity (Wildman–Crippen MR) is 88.4 cm³/mol. The molecule has 1 N–H and O–H groups in total. The highest BCUT2D eigenvalue weighted by Crippen LogP contribution is 2.25. The van der Waals surface area contributed by atoms with E-state index in [1.165, 1.54) is 5.56 Å². The van der Waals surface area contributed by atoms with Crippen molar-refractivity contribution in [3.8, 4) is 0 Å². The van der Waals surface area contributed by atoms with Gasteiger partial charge in [0.15, 0.2) is 0 Å². The van der Waals surface area contributed by atoms with Crippen LogP contribution in [0.15, 0.2) is 34.9 Å². The molecule has 5 heteroatoms. The molecular weight excluding hydrogens is 330 g/mol. The van der Waals surface area contributed by atoms with E-state index in [2.05, 4.69) is 56.4 Å². The maximum atomic E-state index is 5.77. The van der Waals surface area contributed by atoms with E-state index in [1.54, 1.807) is 0 Å². The minimum absolute atomic E-state index is 0.276. The van der Waals surface area contributed by atoms with Crippen molar-refractivity contribution in [2.45, 2.75) is 12.6 Å². The Balaban J connectivity index is 1.64. The maximum absolute atomic E-state index is 5.77. The molecule has 1 unspecified atom stereocenters. The molecule has 4 nitrogen and oxygen atoms in total. The van der Waals surface area contributed by atoms with Crippen molar-refractivity contribution >= 4 is 26.8 Å². The molecule has 0 aliphatic carbocycles. The molecule has 0 spiro atoms. The molecule has 1 atom stereocenters. The van der Waals surface area contributed by atoms with Gasteiger partial charge in [0.2, 0.25) is 0 Å². The summed E-state index contributed by atoms with van der Waals surface area (Å²) in [5.74, 6) is 0. The lowest BCUT2D eigenvalue weighted by Crippen LogP contribution is -2.44. The van der Waals surface area contributed by atoms with Crippen molar-refractivity contribution in [1.82, 2.24) is 15.2 Å². The standard InChI is InChI=1S/C16H20BrN3O/c1-20-7-8-21-13(11-20)10-18-9-12-4-5-15(17)14-3-2-6-19-16(12)14/h2-6,13,18H,7-11H2,1H3. The van der Waals surface area contributed by atoms with Crippen LogP contribution in [0.5, 0.6) is 0 Å². The van der Waals surface area contributed by atoms with Crippen LogP contribution in [0.3, 0.4) is 0 Å². The molecule has 0 amide bonds. The van der Waals surface area contributed by atoms with Gasteiger partial charge in [-0.2, -0.15) is 0 Å². The Morgan fingerprint density at radius 1 is 1.43 bits per heavy atom. The van der Waals surface area contributed by atoms with Crippen LogP contribution in [0.1, 0.15) is 5.56 Å². The fraction of sp³-hybridized carbons (Fsp3) is 0.438. The summed E-state index contributed by atoms with van der Waals surface area (Å²) in [5, 5.41) is 4.65. The van der Waals surface area contributed by atoms with E-state index in [1.807, 2.05) is 12.3 Å². The van der Waals surface area contributed by atoms with Gasteiger partial charge in [0.05, 0.1) is 18.2 Å². The molecule has 1 aliphatic heterocycles. The zero-order chi connectivity index (χ0) is 14.7. The van der Waals surface area contributed by atoms with Gasteiger partial charge in [-0.05, 0) is 24.7 Å². The van der Waals surface area contributed by atoms with Crippen LogP contribution in [0.4, 0.5) is 0 Å². The van der Waals surface area contributed by atoms with Gasteiger partial charge in [-0.3, -0.25) is 4.98 Å². The second kappa shape index (κ2) is 6.83. The number of likely N-dealkylation sites (N-methyl/N-ethyl adjacent to an activating group) is 1. The van der Waals surface area contributed by atoms with Crippen molar-refractivity contribution in [3.05, 3.63) is 40.5 Å². The first-order chi connectivity index (χ1) is 10.2. The first-order valence-electron chi connectivity index (χ1n) is 7.27. The summed E-state index contributed by atoms with van der Waals surface area (Å²) >= 11 is 3.58. The molecule has 0 radical (unpaired) electrons. The van der Waals surface area contributed by atoms with Crippen molar-refractivity contribution in [3.63, 3.8) is 0 Å². The van der Waals surface area contributed by atoms with Crippen LogP contribution in [-0.2, 0) is 11.3 Å². The molecule has 1 aliphatic rings. The van der Waals surface area contributed by atoms with E-state index in [0.29, 0.717) is 0 Å². The lowest BCUT2D eigenvalue weighted by molar-refractivity contribution is -0.0182. The van der Waals surface area contributed by atoms with Crippen LogP contribution >= 0.6 is 15.9 Å². The number of rotatable bonds is 4. The Morgan fingerprint density at radius 2 is 2.33 bits per heavy atom. The first kappa shape index (κ1) is 14.9. The van der Waals surface area contributed by atoms with Crippen LogP contribution < -0.4 is 5.32 Å². The summed E-state index contributed by atoms with van der Waals surface area (Å²) in [6.07, 6.45) is 2.12. The third-order valence-corrected chi connectivity index (χ3v) is 4.52. The molecule has 0 bridgehead atoms. The fourth-order valence-corrected chi connectivity index (χ4v) is 3.15. The number of benzene rings is 1. The van der Waals surface area contributed by atoms with Crippen molar-refractivity contribution in [2.75, 3.05) is 33.3 Å². The number of morpholine rings is 1. The van der Waals surface area contributed by atoms with Crippen LogP contribution in [0.2, 0.25) is 0 Å². The zero-order valence-corrected chi connectivity index (χ0v) is 13.8. The first-order valence-corrected chi connectivity index (χ1v) is 8.06. The van der Waals surface area contributed by atoms with Crippen LogP contribution in [0.25, 0.3) is 10.9 Å². The van der Waals surface area contributed by atoms with Gasteiger partial charge >= 0.3 is 0 Å². The van der Waals surface area contributed by atoms with Crippen molar-refractivity contribution in [1.29, 1.82) is 0 Å². The van der Waals surface area contributed by atoms with Gasteiger partial charge in [0.25, 0.3) is 0 Å². The van der Waals surface area contributed by atoms with E-state index < -0.39 is 0 Å². The lowest BCUT2D eigenvalue weighted by Gasteiger charge is -2.30. The molecule has 1 aromatic carbocycles. The van der Waals surface area contributed by atoms with E-state index in [0.717, 1.165) is 48.2 Å². The molecule has 112 valence electrons. The fourth-order valence-electron chi connectivity index (χ4n) is 2.70. The summed E-state index contributed by atoms with van der Waals surface area (Å²) in [4.78, 5) is 6.82. The summed E-state index contributed by atoms with van der Waals surface area (Å²) in [7, 11) is 2.14. The largest absolute Gasteiger partial charge is 0.374 e. The third-order valence-electron chi connectivity index (χ3n) is 3.83. The van der Waals surface area contributed by atoms with E-state index in [9.17, 15) is 0 Å². The number of hydrogen-bond donors (Lipinski definition) is 1. The Labute approximate surface area is 133 Å². The zero-order valence-electron chi connectivity index (χ0n) is 12.2. The Morgan fingerprint density at radius 3 is 3.19 bits per heavy atom. The number of nitrogens with zero attached hydrogens (tertiary/aromatic N) is 2. The average Bonchev–Trinajstić information content (AvgIpc) is 2.50. The van der Waals surface area contributed by atoms with Gasteiger partial charge in [-0.15, -0.1) is 0 Å². The van der Waals surface area contributed by atoms with Crippen molar-refractivity contribution < 1.29 is 4.74 Å². The topological polar surface area (TPSA) is 37.4 Å². The molecule has 21 heavy (non-hydrogen) atoms. The molecule has 1 saturated heterocycles. The van der Waals surface area contributed by atoms with Crippen molar-refractivity contribution in [2.24, 2.45) is 0 Å². The van der Waals surface area contributed by atoms with Crippen LogP contribution in [0, 0.1) is 0 Å². The molecule has 2 heterocycles. The van der Waals surface area contributed by atoms with Crippen LogP contribution in [-0.4, -0.2) is 49.3 Å². The third kappa shape index (κ3) is 3.61. The van der Waals surface area contributed by atoms with E-state index >= 15 is 0 Å². The average molecular weight is 350 g/mol. The number of ether oxygens (including phenoxy) is 1. The summed E-state index contributed by atoms with van der Waals surface area (Å²) < 4.78 is 6.86. The molecular formula is C16H20BrN3O. The number of fused-ring (bicyclic) bond motifs is 1. The highest BCUT2D eigenvalue weighted by atomic mass is 79.9. The Hall–Kier alpha value is -1.01. The van der Waals surface area contributed by atoms with Gasteiger partial charge in [-0.1, -0.05) is 28.1 Å². The number of pyridine rings is 1. The molecule has 1 fully saturated rings. The normalized spacial score (nSPS) is 20.0. The Bertz CT molecular complexity index is 619. The van der Waals surface area contributed by atoms with Gasteiger partial charge < -0.3 is 15.0 Å². The number of nitrogens with one attached hydrogen (secondary N) is 1. The predicted octanol–water partition coefficient (Wildman–Crippen LogP) is 2.42.